The van der Waals surface area contributed by atoms with Gasteiger partial charge in [-0.15, -0.1) is 4.28 Å². The smallest absolute Gasteiger partial charge is 0.418 e. The number of rotatable bonds is 4. The molecule has 2 atom stereocenters. The molecular weight excluding hydrogens is 444 g/mol. The number of amides is 4. The largest absolute Gasteiger partial charge is 0.444 e. The lowest BCUT2D eigenvalue weighted by Gasteiger charge is -2.33. The maximum Gasteiger partial charge on any atom is 0.418 e. The number of fused-ring (bicyclic) bond motifs is 2. The molecule has 0 aromatic carbocycles. The van der Waals surface area contributed by atoms with Gasteiger partial charge in [0.05, 0.1) is 6.04 Å². The number of hydrogen-bond donors (Lipinski definition) is 2. The van der Waals surface area contributed by atoms with Gasteiger partial charge in [0, 0.05) is 25.7 Å². The van der Waals surface area contributed by atoms with Gasteiger partial charge < -0.3 is 19.9 Å². The summed E-state index contributed by atoms with van der Waals surface area (Å²) < 4.78 is 40.7. The zero-order valence-corrected chi connectivity index (χ0v) is 19.5. The summed E-state index contributed by atoms with van der Waals surface area (Å²) in [5.41, 5.74) is -0.552. The van der Waals surface area contributed by atoms with E-state index in [4.69, 9.17) is 9.29 Å². The van der Waals surface area contributed by atoms with Crippen LogP contribution < -0.4 is 5.32 Å². The predicted octanol–water partition coefficient (Wildman–Crippen LogP) is 1.29. The number of likely N-dealkylation sites (tertiary alicyclic amines) is 1. The Kier molecular flexibility index (Phi) is 7.20. The van der Waals surface area contributed by atoms with Crippen LogP contribution in [0.2, 0.25) is 0 Å². The summed E-state index contributed by atoms with van der Waals surface area (Å²) in [6.07, 6.45) is 3.20. The van der Waals surface area contributed by atoms with Crippen LogP contribution in [-0.4, -0.2) is 89.2 Å². The third-order valence-corrected chi connectivity index (χ3v) is 6.11. The third-order valence-electron chi connectivity index (χ3n) is 5.76. The zero-order valence-electron chi connectivity index (χ0n) is 18.7. The minimum atomic E-state index is -4.83. The van der Waals surface area contributed by atoms with Crippen molar-refractivity contribution in [2.45, 2.75) is 83.0 Å². The summed E-state index contributed by atoms with van der Waals surface area (Å²) in [6, 6.07) is -2.09. The molecule has 3 aliphatic heterocycles. The number of urea groups is 1. The minimum Gasteiger partial charge on any atom is -0.444 e. The molecule has 0 saturated carbocycles. The van der Waals surface area contributed by atoms with Crippen molar-refractivity contribution in [3.05, 3.63) is 0 Å². The van der Waals surface area contributed by atoms with E-state index < -0.39 is 34.1 Å². The fourth-order valence-corrected chi connectivity index (χ4v) is 4.76. The molecule has 13 heteroatoms. The molecule has 3 heterocycles. The first-order valence-electron chi connectivity index (χ1n) is 10.9. The molecule has 3 fully saturated rings. The van der Waals surface area contributed by atoms with E-state index in [1.165, 1.54) is 4.90 Å². The molecule has 0 radical (unpaired) electrons. The van der Waals surface area contributed by atoms with Gasteiger partial charge in [0.15, 0.2) is 0 Å². The van der Waals surface area contributed by atoms with E-state index in [-0.39, 0.29) is 24.6 Å². The number of nitrogens with one attached hydrogen (secondary N) is 1. The molecule has 2 N–H and O–H groups in total. The Bertz CT molecular complexity index is 833. The van der Waals surface area contributed by atoms with Crippen LogP contribution in [0.5, 0.6) is 0 Å². The zero-order chi connectivity index (χ0) is 23.7. The second-order valence-electron chi connectivity index (χ2n) is 9.47. The summed E-state index contributed by atoms with van der Waals surface area (Å²) in [4.78, 5) is 40.7. The van der Waals surface area contributed by atoms with Crippen molar-refractivity contribution in [2.75, 3.05) is 19.6 Å². The molecule has 12 nitrogen and oxygen atoms in total. The molecule has 0 aromatic heterocycles. The molecule has 0 aromatic rings. The normalized spacial score (nSPS) is 25.4. The van der Waals surface area contributed by atoms with E-state index in [2.05, 4.69) is 9.60 Å². The van der Waals surface area contributed by atoms with E-state index in [0.717, 1.165) is 0 Å². The molecule has 0 aliphatic carbocycles. The Labute approximate surface area is 188 Å². The highest BCUT2D eigenvalue weighted by Gasteiger charge is 2.49. The summed E-state index contributed by atoms with van der Waals surface area (Å²) in [5, 5.41) is 3.64. The van der Waals surface area contributed by atoms with Crippen LogP contribution in [0.3, 0.4) is 0 Å². The second-order valence-corrected chi connectivity index (χ2v) is 10.5. The van der Waals surface area contributed by atoms with Crippen LogP contribution in [0.1, 0.15) is 59.3 Å². The number of hydrogen-bond acceptors (Lipinski definition) is 7. The van der Waals surface area contributed by atoms with Crippen molar-refractivity contribution in [1.29, 1.82) is 0 Å². The number of carbonyl (C=O) groups excluding carboxylic acids is 3. The van der Waals surface area contributed by atoms with Crippen LogP contribution >= 0.6 is 0 Å². The first kappa shape index (κ1) is 24.5. The SMILES string of the molecule is CC(C)(C)OC(=O)N1CCCC(NC(=O)[C@@H]2CC[C@@H]3CN2C(=O)N3OS(=O)(=O)O)CCC1. The first-order valence-corrected chi connectivity index (χ1v) is 12.3. The van der Waals surface area contributed by atoms with Crippen LogP contribution in [0.15, 0.2) is 0 Å². The molecule has 4 amide bonds. The van der Waals surface area contributed by atoms with Crippen molar-refractivity contribution in [1.82, 2.24) is 20.2 Å². The number of carbonyl (C=O) groups is 3. The predicted molar refractivity (Wildman–Crippen MR) is 112 cm³/mol. The van der Waals surface area contributed by atoms with Gasteiger partial charge in [0.25, 0.3) is 0 Å². The molecule has 0 spiro atoms. The highest BCUT2D eigenvalue weighted by atomic mass is 32.3. The Hall–Kier alpha value is -2.12. The van der Waals surface area contributed by atoms with Crippen LogP contribution in [-0.2, 0) is 24.2 Å². The summed E-state index contributed by atoms with van der Waals surface area (Å²) in [6.45, 7) is 6.72. The summed E-state index contributed by atoms with van der Waals surface area (Å²) in [7, 11) is -4.83. The van der Waals surface area contributed by atoms with Gasteiger partial charge in [-0.05, 0) is 59.3 Å². The lowest BCUT2D eigenvalue weighted by atomic mass is 9.98. The number of hydroxylamine groups is 2. The summed E-state index contributed by atoms with van der Waals surface area (Å²) >= 11 is 0. The van der Waals surface area contributed by atoms with E-state index >= 15 is 0 Å². The van der Waals surface area contributed by atoms with Gasteiger partial charge in [0.2, 0.25) is 5.91 Å². The molecule has 182 valence electrons. The van der Waals surface area contributed by atoms with E-state index in [9.17, 15) is 22.8 Å². The van der Waals surface area contributed by atoms with Gasteiger partial charge in [-0.2, -0.15) is 13.5 Å². The average molecular weight is 477 g/mol. The first-order chi connectivity index (χ1) is 14.8. The molecule has 0 unspecified atom stereocenters. The minimum absolute atomic E-state index is 0.0797. The van der Waals surface area contributed by atoms with Gasteiger partial charge >= 0.3 is 22.5 Å². The summed E-state index contributed by atoms with van der Waals surface area (Å²) in [5.74, 6) is -0.292. The Morgan fingerprint density at radius 3 is 2.28 bits per heavy atom. The van der Waals surface area contributed by atoms with Crippen molar-refractivity contribution < 1.29 is 36.4 Å². The Morgan fingerprint density at radius 1 is 1.09 bits per heavy atom. The van der Waals surface area contributed by atoms with E-state index in [1.807, 2.05) is 20.8 Å². The quantitative estimate of drug-likeness (QED) is 0.577. The second kappa shape index (κ2) is 9.40. The lowest BCUT2D eigenvalue weighted by Crippen LogP contribution is -2.52. The van der Waals surface area contributed by atoms with Crippen LogP contribution in [0.4, 0.5) is 9.59 Å². The standard InChI is InChI=1S/C19H32N4O8S/c1-19(2,3)30-18(26)21-10-4-6-13(7-5-11-21)20-16(24)15-9-8-14-12-22(15)17(25)23(14)31-32(27,28)29/h13-15H,4-12H2,1-3H3,(H,20,24)(H,27,28,29)/t14-,15+/m1/s1. The monoisotopic (exact) mass is 476 g/mol. The number of nitrogens with zero attached hydrogens (tertiary/aromatic N) is 3. The Morgan fingerprint density at radius 2 is 1.72 bits per heavy atom. The molecular formula is C19H32N4O8S. The average Bonchev–Trinajstić information content (AvgIpc) is 2.85. The van der Waals surface area contributed by atoms with Gasteiger partial charge in [-0.25, -0.2) is 9.59 Å². The molecule has 3 saturated heterocycles. The Balaban J connectivity index is 1.52. The third kappa shape index (κ3) is 6.23. The van der Waals surface area contributed by atoms with Crippen LogP contribution in [0.25, 0.3) is 0 Å². The van der Waals surface area contributed by atoms with Gasteiger partial charge in [0.1, 0.15) is 11.6 Å². The fourth-order valence-electron chi connectivity index (χ4n) is 4.37. The van der Waals surface area contributed by atoms with Crippen molar-refractivity contribution >= 4 is 28.4 Å². The van der Waals surface area contributed by atoms with Gasteiger partial charge in [-0.3, -0.25) is 9.35 Å². The maximum atomic E-state index is 12.9. The van der Waals surface area contributed by atoms with E-state index in [0.29, 0.717) is 56.7 Å². The van der Waals surface area contributed by atoms with Crippen molar-refractivity contribution in [3.63, 3.8) is 0 Å². The van der Waals surface area contributed by atoms with Crippen molar-refractivity contribution in [2.24, 2.45) is 0 Å². The fraction of sp³-hybridized carbons (Fsp3) is 0.842. The highest BCUT2D eigenvalue weighted by molar-refractivity contribution is 7.80. The molecule has 32 heavy (non-hydrogen) atoms. The molecule has 2 bridgehead atoms. The highest BCUT2D eigenvalue weighted by Crippen LogP contribution is 2.31. The van der Waals surface area contributed by atoms with Gasteiger partial charge in [-0.1, -0.05) is 0 Å². The lowest BCUT2D eigenvalue weighted by molar-refractivity contribution is -0.127. The number of ether oxygens (including phenoxy) is 1. The maximum absolute atomic E-state index is 12.9. The number of piperidine rings is 1. The topological polar surface area (TPSA) is 146 Å². The molecule has 3 aliphatic rings. The van der Waals surface area contributed by atoms with E-state index in [1.54, 1.807) is 4.90 Å². The molecule has 3 rings (SSSR count). The van der Waals surface area contributed by atoms with Crippen LogP contribution in [0, 0.1) is 0 Å². The van der Waals surface area contributed by atoms with Crippen molar-refractivity contribution in [3.8, 4) is 0 Å².